The molecule has 3 amide bonds. The lowest BCUT2D eigenvalue weighted by Gasteiger charge is -2.46. The minimum Gasteiger partial charge on any atom is -0.473 e. The fourth-order valence-electron chi connectivity index (χ4n) is 5.35. The maximum absolute atomic E-state index is 14.7. The molecule has 3 atom stereocenters. The van der Waals surface area contributed by atoms with E-state index in [1.807, 2.05) is 76.2 Å². The van der Waals surface area contributed by atoms with Gasteiger partial charge in [-0.15, -0.1) is 0 Å². The van der Waals surface area contributed by atoms with Crippen molar-refractivity contribution in [2.24, 2.45) is 16.8 Å². The number of amides is 3. The second kappa shape index (κ2) is 12.3. The van der Waals surface area contributed by atoms with Crippen molar-refractivity contribution in [3.05, 3.63) is 78.0 Å². The first-order valence-electron chi connectivity index (χ1n) is 14.3. The van der Waals surface area contributed by atoms with Gasteiger partial charge < -0.3 is 15.0 Å². The summed E-state index contributed by atoms with van der Waals surface area (Å²) in [4.78, 5) is 62.9. The Morgan fingerprint density at radius 1 is 0.976 bits per heavy atom. The quantitative estimate of drug-likeness (QED) is 0.481. The minimum absolute atomic E-state index is 0.0988. The van der Waals surface area contributed by atoms with Gasteiger partial charge in [0.2, 0.25) is 17.6 Å². The molecule has 0 aromatic heterocycles. The highest BCUT2D eigenvalue weighted by Crippen LogP contribution is 2.37. The maximum atomic E-state index is 14.7. The van der Waals surface area contributed by atoms with Crippen LogP contribution in [0.15, 0.2) is 71.9 Å². The summed E-state index contributed by atoms with van der Waals surface area (Å²) in [6.07, 6.45) is 1.67. The van der Waals surface area contributed by atoms with E-state index in [4.69, 9.17) is 4.74 Å². The van der Waals surface area contributed by atoms with Crippen molar-refractivity contribution in [2.75, 3.05) is 6.61 Å². The minimum atomic E-state index is -1.26. The van der Waals surface area contributed by atoms with E-state index >= 15 is 0 Å². The first-order chi connectivity index (χ1) is 19.8. The third-order valence-electron chi connectivity index (χ3n) is 7.32. The Labute approximate surface area is 247 Å². The van der Waals surface area contributed by atoms with Crippen LogP contribution >= 0.6 is 0 Å². The van der Waals surface area contributed by atoms with Gasteiger partial charge in [0.15, 0.2) is 0 Å². The number of nitrogens with zero attached hydrogens (tertiary/aromatic N) is 3. The van der Waals surface area contributed by atoms with E-state index in [-0.39, 0.29) is 36.2 Å². The van der Waals surface area contributed by atoms with E-state index < -0.39 is 35.4 Å². The van der Waals surface area contributed by atoms with Crippen LogP contribution in [0.4, 0.5) is 0 Å². The number of hydrogen-bond donors (Lipinski definition) is 1. The molecule has 9 nitrogen and oxygen atoms in total. The van der Waals surface area contributed by atoms with Crippen LogP contribution in [-0.4, -0.2) is 63.4 Å². The third kappa shape index (κ3) is 6.30. The van der Waals surface area contributed by atoms with Crippen LogP contribution in [0.25, 0.3) is 5.70 Å². The molecule has 0 aliphatic carbocycles. The van der Waals surface area contributed by atoms with E-state index in [2.05, 4.69) is 10.3 Å². The molecule has 0 spiro atoms. The fourth-order valence-corrected chi connectivity index (χ4v) is 5.35. The first kappa shape index (κ1) is 30.7. The van der Waals surface area contributed by atoms with Gasteiger partial charge in [-0.3, -0.25) is 24.1 Å². The highest BCUT2D eigenvalue weighted by Gasteiger charge is 2.50. The second-order valence-corrected chi connectivity index (χ2v) is 12.1. The number of carbonyl (C=O) groups is 4. The van der Waals surface area contributed by atoms with Gasteiger partial charge in [0, 0.05) is 19.0 Å². The van der Waals surface area contributed by atoms with Gasteiger partial charge >= 0.3 is 0 Å². The van der Waals surface area contributed by atoms with E-state index in [1.165, 1.54) is 16.7 Å². The van der Waals surface area contributed by atoms with Gasteiger partial charge in [-0.1, -0.05) is 88.4 Å². The molecule has 0 fully saturated rings. The summed E-state index contributed by atoms with van der Waals surface area (Å²) in [7, 11) is 0. The standard InChI is InChI=1S/C33H40N4O5/c1-20(2)27-32(41)37(25(23-14-10-8-11-15-23)18-36(27)31(40)21(3)4)28(29(39)30-35-33(6,7)19-42-30)26(34-22(5)38)24-16-12-9-13-17-24/h8-18,20-21,26-28H,19H2,1-7H3,(H,34,38)/t26?,27-,28+/m1/s1. The molecule has 0 saturated heterocycles. The fraction of sp³-hybridized carbons (Fsp3) is 0.424. The van der Waals surface area contributed by atoms with Gasteiger partial charge in [0.1, 0.15) is 18.7 Å². The van der Waals surface area contributed by atoms with Crippen LogP contribution in [0.2, 0.25) is 0 Å². The molecule has 1 N–H and O–H groups in total. The Bertz CT molecular complexity index is 1400. The number of nitrogens with one attached hydrogen (secondary N) is 1. The summed E-state index contributed by atoms with van der Waals surface area (Å²) < 4.78 is 5.80. The van der Waals surface area contributed by atoms with Crippen LogP contribution in [0.1, 0.15) is 65.6 Å². The molecule has 2 aromatic rings. The zero-order valence-corrected chi connectivity index (χ0v) is 25.3. The number of Topliss-reactive ketones (excluding diaryl/α,β-unsaturated/α-hetero) is 1. The van der Waals surface area contributed by atoms with Gasteiger partial charge in [-0.05, 0) is 30.9 Å². The summed E-state index contributed by atoms with van der Waals surface area (Å²) in [5, 5.41) is 2.94. The Kier molecular flexibility index (Phi) is 8.99. The predicted molar refractivity (Wildman–Crippen MR) is 161 cm³/mol. The number of hydrogen-bond acceptors (Lipinski definition) is 6. The van der Waals surface area contributed by atoms with Crippen molar-refractivity contribution in [2.45, 2.75) is 72.1 Å². The van der Waals surface area contributed by atoms with Crippen LogP contribution in [0.3, 0.4) is 0 Å². The molecule has 2 aliphatic heterocycles. The molecule has 2 aliphatic rings. The van der Waals surface area contributed by atoms with Crippen molar-refractivity contribution in [3.8, 4) is 0 Å². The highest BCUT2D eigenvalue weighted by atomic mass is 16.5. The monoisotopic (exact) mass is 572 g/mol. The Balaban J connectivity index is 2.02. The molecule has 2 aromatic carbocycles. The molecular weight excluding hydrogens is 532 g/mol. The zero-order chi connectivity index (χ0) is 30.8. The topological polar surface area (TPSA) is 108 Å². The van der Waals surface area contributed by atoms with E-state index in [0.29, 0.717) is 16.8 Å². The van der Waals surface area contributed by atoms with Crippen LogP contribution in [-0.2, 0) is 23.9 Å². The molecule has 42 heavy (non-hydrogen) atoms. The molecule has 2 heterocycles. The van der Waals surface area contributed by atoms with Gasteiger partial charge in [0.25, 0.3) is 11.8 Å². The SMILES string of the molecule is CC(=O)NC(c1ccccc1)[C@@H](C(=O)C1=NC(C)(C)CO1)N1C(=O)[C@@H](C(C)C)N(C(=O)C(C)C)C=C1c1ccccc1. The van der Waals surface area contributed by atoms with Crippen molar-refractivity contribution in [1.82, 2.24) is 15.1 Å². The van der Waals surface area contributed by atoms with Gasteiger partial charge in [0.05, 0.1) is 17.3 Å². The molecular formula is C33H40N4O5. The number of ether oxygens (including phenoxy) is 1. The van der Waals surface area contributed by atoms with Crippen molar-refractivity contribution < 1.29 is 23.9 Å². The maximum Gasteiger partial charge on any atom is 0.256 e. The van der Waals surface area contributed by atoms with Crippen LogP contribution < -0.4 is 5.32 Å². The molecule has 0 radical (unpaired) electrons. The average molecular weight is 573 g/mol. The zero-order valence-electron chi connectivity index (χ0n) is 25.3. The number of benzene rings is 2. The summed E-state index contributed by atoms with van der Waals surface area (Å²) >= 11 is 0. The predicted octanol–water partition coefficient (Wildman–Crippen LogP) is 4.36. The van der Waals surface area contributed by atoms with E-state index in [1.54, 1.807) is 32.2 Å². The van der Waals surface area contributed by atoms with Gasteiger partial charge in [-0.2, -0.15) is 0 Å². The molecule has 9 heteroatoms. The van der Waals surface area contributed by atoms with Crippen LogP contribution in [0.5, 0.6) is 0 Å². The lowest BCUT2D eigenvalue weighted by Crippen LogP contribution is -2.62. The number of aliphatic imine (C=N–C) groups is 1. The smallest absolute Gasteiger partial charge is 0.256 e. The Morgan fingerprint density at radius 3 is 2.07 bits per heavy atom. The number of ketones is 1. The van der Waals surface area contributed by atoms with E-state index in [0.717, 1.165) is 0 Å². The first-order valence-corrected chi connectivity index (χ1v) is 14.3. The molecule has 1 unspecified atom stereocenters. The lowest BCUT2D eigenvalue weighted by molar-refractivity contribution is -0.149. The molecule has 0 saturated carbocycles. The normalized spacial score (nSPS) is 19.6. The molecule has 4 rings (SSSR count). The van der Waals surface area contributed by atoms with Crippen LogP contribution in [0, 0.1) is 11.8 Å². The molecule has 222 valence electrons. The lowest BCUT2D eigenvalue weighted by atomic mass is 9.89. The Hall–Kier alpha value is -4.27. The average Bonchev–Trinajstić information content (AvgIpc) is 3.32. The molecule has 0 bridgehead atoms. The second-order valence-electron chi connectivity index (χ2n) is 12.1. The Morgan fingerprint density at radius 2 is 1.57 bits per heavy atom. The number of carbonyl (C=O) groups excluding carboxylic acids is 4. The van der Waals surface area contributed by atoms with Gasteiger partial charge in [-0.25, -0.2) is 4.99 Å². The summed E-state index contributed by atoms with van der Waals surface area (Å²) in [6, 6.07) is 15.1. The number of rotatable bonds is 9. The summed E-state index contributed by atoms with van der Waals surface area (Å²) in [5.74, 6) is -2.28. The van der Waals surface area contributed by atoms with Crippen molar-refractivity contribution in [1.29, 1.82) is 0 Å². The van der Waals surface area contributed by atoms with Crippen molar-refractivity contribution >= 4 is 35.1 Å². The summed E-state index contributed by atoms with van der Waals surface area (Å²) in [5.41, 5.74) is 1.01. The third-order valence-corrected chi connectivity index (χ3v) is 7.32. The largest absolute Gasteiger partial charge is 0.473 e. The van der Waals surface area contributed by atoms with Crippen molar-refractivity contribution in [3.63, 3.8) is 0 Å². The highest BCUT2D eigenvalue weighted by molar-refractivity contribution is 6.39. The van der Waals surface area contributed by atoms with E-state index in [9.17, 15) is 19.2 Å². The summed E-state index contributed by atoms with van der Waals surface area (Å²) in [6.45, 7) is 12.6.